The molecule has 0 radical (unpaired) electrons. The number of nitrogens with one attached hydrogen (secondary N) is 1. The summed E-state index contributed by atoms with van der Waals surface area (Å²) in [4.78, 5) is 26.3. The minimum atomic E-state index is -0.0873. The fourth-order valence-electron chi connectivity index (χ4n) is 4.32. The first kappa shape index (κ1) is 21.5. The van der Waals surface area contributed by atoms with Gasteiger partial charge in [-0.25, -0.2) is 9.97 Å². The largest absolute Gasteiger partial charge is 0.383 e. The van der Waals surface area contributed by atoms with Gasteiger partial charge in [-0.15, -0.1) is 11.3 Å². The molecule has 2 aliphatic rings. The summed E-state index contributed by atoms with van der Waals surface area (Å²) in [6.45, 7) is 5.57. The molecule has 1 aliphatic carbocycles. The van der Waals surface area contributed by atoms with Crippen LogP contribution in [0.4, 0.5) is 17.2 Å². The number of morpholine rings is 1. The Morgan fingerprint density at radius 1 is 1.28 bits per heavy atom. The zero-order valence-electron chi connectivity index (χ0n) is 18.1. The number of anilines is 3. The van der Waals surface area contributed by atoms with Crippen LogP contribution in [0.15, 0.2) is 29.4 Å². The summed E-state index contributed by atoms with van der Waals surface area (Å²) in [7, 11) is 0. The van der Waals surface area contributed by atoms with Gasteiger partial charge in [0.15, 0.2) is 5.16 Å². The van der Waals surface area contributed by atoms with Crippen molar-refractivity contribution < 1.29 is 9.53 Å². The third kappa shape index (κ3) is 4.55. The van der Waals surface area contributed by atoms with E-state index in [2.05, 4.69) is 22.1 Å². The SMILES string of the molecule is CC1CCc2c(sc3nc(SCC(=O)Nc4ccc(N5CCOCC5)cc4)nc(N)c23)C1. The van der Waals surface area contributed by atoms with Crippen LogP contribution in [0, 0.1) is 5.92 Å². The number of nitrogens with two attached hydrogens (primary N) is 1. The van der Waals surface area contributed by atoms with E-state index in [0.717, 1.165) is 60.7 Å². The highest BCUT2D eigenvalue weighted by molar-refractivity contribution is 7.99. The molecule has 1 amide bonds. The van der Waals surface area contributed by atoms with Crippen LogP contribution in [0.5, 0.6) is 0 Å². The van der Waals surface area contributed by atoms with E-state index in [1.54, 1.807) is 11.3 Å². The number of rotatable bonds is 5. The highest BCUT2D eigenvalue weighted by atomic mass is 32.2. The molecule has 1 aromatic carbocycles. The van der Waals surface area contributed by atoms with Gasteiger partial charge in [-0.2, -0.15) is 0 Å². The van der Waals surface area contributed by atoms with Gasteiger partial charge in [-0.1, -0.05) is 18.7 Å². The monoisotopic (exact) mass is 469 g/mol. The van der Waals surface area contributed by atoms with E-state index in [-0.39, 0.29) is 11.7 Å². The number of hydrogen-bond acceptors (Lipinski definition) is 8. The van der Waals surface area contributed by atoms with Gasteiger partial charge in [0.2, 0.25) is 5.91 Å². The standard InChI is InChI=1S/C23H27N5O2S2/c1-14-2-7-17-18(12-14)32-22-20(17)21(24)26-23(27-22)31-13-19(29)25-15-3-5-16(6-4-15)28-8-10-30-11-9-28/h3-6,14H,2,7-13H2,1H3,(H,25,29)(H2,24,26,27). The van der Waals surface area contributed by atoms with Crippen LogP contribution in [-0.2, 0) is 22.4 Å². The van der Waals surface area contributed by atoms with Gasteiger partial charge < -0.3 is 20.7 Å². The van der Waals surface area contributed by atoms with Gasteiger partial charge in [-0.3, -0.25) is 4.79 Å². The number of aryl methyl sites for hydroxylation is 1. The molecule has 2 aromatic heterocycles. The highest BCUT2D eigenvalue weighted by Gasteiger charge is 2.23. The third-order valence-corrected chi connectivity index (χ3v) is 8.02. The van der Waals surface area contributed by atoms with Crippen molar-refractivity contribution in [2.75, 3.05) is 48.0 Å². The predicted molar refractivity (Wildman–Crippen MR) is 132 cm³/mol. The van der Waals surface area contributed by atoms with E-state index >= 15 is 0 Å². The second-order valence-electron chi connectivity index (χ2n) is 8.41. The van der Waals surface area contributed by atoms with Gasteiger partial charge >= 0.3 is 0 Å². The van der Waals surface area contributed by atoms with E-state index in [1.807, 2.05) is 24.3 Å². The first-order valence-electron chi connectivity index (χ1n) is 11.0. The molecule has 32 heavy (non-hydrogen) atoms. The Balaban J connectivity index is 1.21. The maximum Gasteiger partial charge on any atom is 0.234 e. The number of fused-ring (bicyclic) bond motifs is 3. The van der Waals surface area contributed by atoms with E-state index in [1.165, 1.54) is 28.6 Å². The molecular weight excluding hydrogens is 442 g/mol. The summed E-state index contributed by atoms with van der Waals surface area (Å²) in [6, 6.07) is 7.94. The normalized spacial score (nSPS) is 18.5. The van der Waals surface area contributed by atoms with Crippen molar-refractivity contribution >= 4 is 56.4 Å². The highest BCUT2D eigenvalue weighted by Crippen LogP contribution is 2.39. The molecule has 168 valence electrons. The van der Waals surface area contributed by atoms with Crippen molar-refractivity contribution in [2.45, 2.75) is 31.3 Å². The molecule has 3 aromatic rings. The summed E-state index contributed by atoms with van der Waals surface area (Å²) < 4.78 is 5.40. The smallest absolute Gasteiger partial charge is 0.234 e. The quantitative estimate of drug-likeness (QED) is 0.431. The molecular formula is C23H27N5O2S2. The number of benzene rings is 1. The Bertz CT molecular complexity index is 1130. The maximum atomic E-state index is 12.5. The van der Waals surface area contributed by atoms with Gasteiger partial charge in [0.1, 0.15) is 10.6 Å². The van der Waals surface area contributed by atoms with Gasteiger partial charge in [0, 0.05) is 29.3 Å². The van der Waals surface area contributed by atoms with Crippen LogP contribution < -0.4 is 16.0 Å². The Morgan fingerprint density at radius 2 is 2.06 bits per heavy atom. The number of nitrogen functional groups attached to an aromatic ring is 1. The van der Waals surface area contributed by atoms with Gasteiger partial charge in [0.05, 0.1) is 24.4 Å². The lowest BCUT2D eigenvalue weighted by Crippen LogP contribution is -2.36. The number of aromatic nitrogens is 2. The average molecular weight is 470 g/mol. The molecule has 1 fully saturated rings. The van der Waals surface area contributed by atoms with E-state index in [4.69, 9.17) is 15.5 Å². The summed E-state index contributed by atoms with van der Waals surface area (Å²) in [5, 5.41) is 4.53. The molecule has 0 bridgehead atoms. The number of carbonyl (C=O) groups is 1. The van der Waals surface area contributed by atoms with E-state index in [0.29, 0.717) is 16.9 Å². The number of hydrogen-bond donors (Lipinski definition) is 2. The molecule has 9 heteroatoms. The number of carbonyl (C=O) groups excluding carboxylic acids is 1. The number of amides is 1. The molecule has 1 atom stereocenters. The second kappa shape index (κ2) is 9.25. The van der Waals surface area contributed by atoms with Gasteiger partial charge in [0.25, 0.3) is 0 Å². The minimum absolute atomic E-state index is 0.0873. The molecule has 1 aliphatic heterocycles. The van der Waals surface area contributed by atoms with Crippen LogP contribution in [0.2, 0.25) is 0 Å². The zero-order chi connectivity index (χ0) is 22.1. The molecule has 1 unspecified atom stereocenters. The lowest BCUT2D eigenvalue weighted by Gasteiger charge is -2.28. The Hall–Kier alpha value is -2.36. The van der Waals surface area contributed by atoms with Crippen molar-refractivity contribution in [3.8, 4) is 0 Å². The summed E-state index contributed by atoms with van der Waals surface area (Å²) >= 11 is 3.04. The minimum Gasteiger partial charge on any atom is -0.383 e. The molecule has 0 spiro atoms. The summed E-state index contributed by atoms with van der Waals surface area (Å²) in [5.74, 6) is 1.38. The maximum absolute atomic E-state index is 12.5. The topological polar surface area (TPSA) is 93.4 Å². The van der Waals surface area contributed by atoms with Crippen LogP contribution in [0.25, 0.3) is 10.2 Å². The van der Waals surface area contributed by atoms with E-state index < -0.39 is 0 Å². The second-order valence-corrected chi connectivity index (χ2v) is 10.4. The summed E-state index contributed by atoms with van der Waals surface area (Å²) in [5.41, 5.74) is 9.55. The first-order chi connectivity index (χ1) is 15.6. The van der Waals surface area contributed by atoms with Crippen molar-refractivity contribution in [1.82, 2.24) is 9.97 Å². The number of ether oxygens (including phenoxy) is 1. The van der Waals surface area contributed by atoms with Crippen molar-refractivity contribution in [2.24, 2.45) is 5.92 Å². The molecule has 7 nitrogen and oxygen atoms in total. The fraction of sp³-hybridized carbons (Fsp3) is 0.435. The predicted octanol–water partition coefficient (Wildman–Crippen LogP) is 3.97. The number of thioether (sulfide) groups is 1. The van der Waals surface area contributed by atoms with Crippen LogP contribution in [-0.4, -0.2) is 47.9 Å². The van der Waals surface area contributed by atoms with Crippen molar-refractivity contribution in [3.05, 3.63) is 34.7 Å². The Morgan fingerprint density at radius 3 is 2.84 bits per heavy atom. The molecule has 5 rings (SSSR count). The molecule has 0 saturated carbocycles. The number of thiophene rings is 1. The van der Waals surface area contributed by atoms with E-state index in [9.17, 15) is 4.79 Å². The molecule has 3 N–H and O–H groups in total. The Labute approximate surface area is 195 Å². The Kier molecular flexibility index (Phi) is 6.21. The molecule has 1 saturated heterocycles. The molecule has 3 heterocycles. The lowest BCUT2D eigenvalue weighted by molar-refractivity contribution is -0.113. The van der Waals surface area contributed by atoms with Crippen molar-refractivity contribution in [1.29, 1.82) is 0 Å². The first-order valence-corrected chi connectivity index (χ1v) is 12.8. The lowest BCUT2D eigenvalue weighted by atomic mass is 9.89. The van der Waals surface area contributed by atoms with Crippen LogP contribution in [0.1, 0.15) is 23.8 Å². The average Bonchev–Trinajstić information content (AvgIpc) is 3.16. The van der Waals surface area contributed by atoms with Crippen LogP contribution >= 0.6 is 23.1 Å². The van der Waals surface area contributed by atoms with Crippen molar-refractivity contribution in [3.63, 3.8) is 0 Å². The van der Waals surface area contributed by atoms with Crippen LogP contribution in [0.3, 0.4) is 0 Å². The number of nitrogens with zero attached hydrogens (tertiary/aromatic N) is 3. The third-order valence-electron chi connectivity index (χ3n) is 6.02. The summed E-state index contributed by atoms with van der Waals surface area (Å²) in [6.07, 6.45) is 3.32. The van der Waals surface area contributed by atoms with Gasteiger partial charge in [-0.05, 0) is 55.0 Å². The zero-order valence-corrected chi connectivity index (χ0v) is 19.7. The fourth-order valence-corrected chi connectivity index (χ4v) is 6.42.